The molecule has 0 aliphatic heterocycles. The van der Waals surface area contributed by atoms with Gasteiger partial charge in [0.25, 0.3) is 0 Å². The van der Waals surface area contributed by atoms with Gasteiger partial charge < -0.3 is 16.2 Å². The lowest BCUT2D eigenvalue weighted by atomic mass is 10.1. The molecule has 0 heterocycles. The third kappa shape index (κ3) is 5.10. The molecule has 0 fully saturated rings. The molecule has 1 aromatic carbocycles. The van der Waals surface area contributed by atoms with E-state index in [2.05, 4.69) is 9.73 Å². The van der Waals surface area contributed by atoms with Crippen LogP contribution in [0.3, 0.4) is 0 Å². The Labute approximate surface area is 96.1 Å². The predicted octanol–water partition coefficient (Wildman–Crippen LogP) is 1.40. The van der Waals surface area contributed by atoms with Crippen molar-refractivity contribution in [2.75, 3.05) is 6.54 Å². The zero-order valence-electron chi connectivity index (χ0n) is 8.87. The molecule has 0 radical (unpaired) electrons. The molecule has 17 heavy (non-hydrogen) atoms. The second-order valence-electron chi connectivity index (χ2n) is 3.21. The first-order chi connectivity index (χ1) is 7.88. The molecule has 1 rings (SSSR count). The Balaban J connectivity index is 2.74. The van der Waals surface area contributed by atoms with Crippen LogP contribution in [-0.4, -0.2) is 18.9 Å². The second-order valence-corrected chi connectivity index (χ2v) is 3.21. The van der Waals surface area contributed by atoms with Crippen molar-refractivity contribution in [3.05, 3.63) is 29.8 Å². The summed E-state index contributed by atoms with van der Waals surface area (Å²) < 4.78 is 40.1. The summed E-state index contributed by atoms with van der Waals surface area (Å²) in [6.45, 7) is 0.209. The fraction of sp³-hybridized carbons (Fsp3) is 0.300. The van der Waals surface area contributed by atoms with Gasteiger partial charge in [0, 0.05) is 6.54 Å². The summed E-state index contributed by atoms with van der Waals surface area (Å²) >= 11 is 0. The number of ether oxygens (including phenoxy) is 1. The summed E-state index contributed by atoms with van der Waals surface area (Å²) in [6.07, 6.45) is -4.43. The average molecular weight is 247 g/mol. The minimum atomic E-state index is -4.70. The zero-order chi connectivity index (χ0) is 12.9. The molecule has 94 valence electrons. The molecule has 0 aliphatic rings. The number of rotatable bonds is 4. The number of benzene rings is 1. The van der Waals surface area contributed by atoms with E-state index in [0.29, 0.717) is 5.56 Å². The maximum atomic E-state index is 12.1. The zero-order valence-corrected chi connectivity index (χ0v) is 8.87. The topological polar surface area (TPSA) is 73.6 Å². The molecule has 0 aliphatic carbocycles. The van der Waals surface area contributed by atoms with Crippen LogP contribution < -0.4 is 16.2 Å². The maximum Gasteiger partial charge on any atom is 0.573 e. The van der Waals surface area contributed by atoms with E-state index in [0.717, 1.165) is 0 Å². The molecule has 0 atom stereocenters. The van der Waals surface area contributed by atoms with Gasteiger partial charge in [-0.1, -0.05) is 18.2 Å². The molecule has 7 heteroatoms. The number of hydrogen-bond donors (Lipinski definition) is 2. The summed E-state index contributed by atoms with van der Waals surface area (Å²) in [7, 11) is 0. The molecule has 0 spiro atoms. The highest BCUT2D eigenvalue weighted by Crippen LogP contribution is 2.26. The molecule has 0 unspecified atom stereocenters. The Morgan fingerprint density at radius 3 is 2.47 bits per heavy atom. The fourth-order valence-electron chi connectivity index (χ4n) is 1.24. The smallest absolute Gasteiger partial charge is 0.406 e. The van der Waals surface area contributed by atoms with E-state index in [1.54, 1.807) is 6.07 Å². The van der Waals surface area contributed by atoms with Crippen LogP contribution in [0.25, 0.3) is 0 Å². The fourth-order valence-corrected chi connectivity index (χ4v) is 1.24. The quantitative estimate of drug-likeness (QED) is 0.624. The third-order valence-corrected chi connectivity index (χ3v) is 1.87. The number of hydrogen-bond acceptors (Lipinski definition) is 2. The molecule has 0 aromatic heterocycles. The van der Waals surface area contributed by atoms with E-state index in [4.69, 9.17) is 11.5 Å². The van der Waals surface area contributed by atoms with Crippen LogP contribution in [0.1, 0.15) is 5.56 Å². The Bertz CT molecular complexity index is 400. The van der Waals surface area contributed by atoms with E-state index < -0.39 is 6.36 Å². The third-order valence-electron chi connectivity index (χ3n) is 1.87. The van der Waals surface area contributed by atoms with Crippen LogP contribution >= 0.6 is 0 Å². The SMILES string of the molecule is NC(N)=NCCc1ccccc1OC(F)(F)F. The number of guanidine groups is 1. The van der Waals surface area contributed by atoms with Gasteiger partial charge in [-0.15, -0.1) is 13.2 Å². The van der Waals surface area contributed by atoms with E-state index in [-0.39, 0.29) is 24.7 Å². The first kappa shape index (κ1) is 13.1. The molecule has 1 aromatic rings. The number of halogens is 3. The Hall–Kier alpha value is -1.92. The van der Waals surface area contributed by atoms with Crippen LogP contribution in [0.2, 0.25) is 0 Å². The standard InChI is InChI=1S/C10H12F3N3O/c11-10(12,13)17-8-4-2-1-3-7(8)5-6-16-9(14)15/h1-4H,5-6H2,(H4,14,15,16). The van der Waals surface area contributed by atoms with Crippen LogP contribution in [-0.2, 0) is 6.42 Å². The van der Waals surface area contributed by atoms with E-state index in [9.17, 15) is 13.2 Å². The number of nitrogens with zero attached hydrogens (tertiary/aromatic N) is 1. The van der Waals surface area contributed by atoms with Crippen molar-refractivity contribution in [3.63, 3.8) is 0 Å². The molecule has 0 amide bonds. The molecule has 4 N–H and O–H groups in total. The number of aliphatic imine (C=N–C) groups is 1. The van der Waals surface area contributed by atoms with Crippen molar-refractivity contribution >= 4 is 5.96 Å². The van der Waals surface area contributed by atoms with Gasteiger partial charge in [-0.05, 0) is 18.1 Å². The van der Waals surface area contributed by atoms with Crippen LogP contribution in [0.5, 0.6) is 5.75 Å². The summed E-state index contributed by atoms with van der Waals surface area (Å²) in [5.41, 5.74) is 10.6. The van der Waals surface area contributed by atoms with Gasteiger partial charge in [0.1, 0.15) is 5.75 Å². The highest BCUT2D eigenvalue weighted by atomic mass is 19.4. The minimum Gasteiger partial charge on any atom is -0.406 e. The normalized spacial score (nSPS) is 11.0. The lowest BCUT2D eigenvalue weighted by Crippen LogP contribution is -2.23. The summed E-state index contributed by atoms with van der Waals surface area (Å²) in [4.78, 5) is 3.69. The van der Waals surface area contributed by atoms with Gasteiger partial charge in [0.05, 0.1) is 0 Å². The summed E-state index contributed by atoms with van der Waals surface area (Å²) in [5.74, 6) is -0.329. The highest BCUT2D eigenvalue weighted by Gasteiger charge is 2.31. The molecule has 0 saturated heterocycles. The van der Waals surface area contributed by atoms with Gasteiger partial charge >= 0.3 is 6.36 Å². The van der Waals surface area contributed by atoms with E-state index in [1.165, 1.54) is 18.2 Å². The Morgan fingerprint density at radius 1 is 1.24 bits per heavy atom. The Morgan fingerprint density at radius 2 is 1.88 bits per heavy atom. The van der Waals surface area contributed by atoms with Gasteiger partial charge in [-0.3, -0.25) is 4.99 Å². The van der Waals surface area contributed by atoms with Gasteiger partial charge in [0.15, 0.2) is 5.96 Å². The van der Waals surface area contributed by atoms with Crippen molar-refractivity contribution in [1.29, 1.82) is 0 Å². The molecular weight excluding hydrogens is 235 g/mol. The molecular formula is C10H12F3N3O. The Kier molecular flexibility index (Phi) is 4.19. The van der Waals surface area contributed by atoms with Crippen LogP contribution in [0.4, 0.5) is 13.2 Å². The molecule has 4 nitrogen and oxygen atoms in total. The van der Waals surface area contributed by atoms with Crippen molar-refractivity contribution < 1.29 is 17.9 Å². The van der Waals surface area contributed by atoms with E-state index in [1.807, 2.05) is 0 Å². The summed E-state index contributed by atoms with van der Waals surface area (Å²) in [5, 5.41) is 0. The van der Waals surface area contributed by atoms with Gasteiger partial charge in [0.2, 0.25) is 0 Å². The number of nitrogens with two attached hydrogens (primary N) is 2. The van der Waals surface area contributed by atoms with Crippen LogP contribution in [0, 0.1) is 0 Å². The number of alkyl halides is 3. The van der Waals surface area contributed by atoms with Crippen molar-refractivity contribution in [2.24, 2.45) is 16.5 Å². The lowest BCUT2D eigenvalue weighted by Gasteiger charge is -2.12. The van der Waals surface area contributed by atoms with Gasteiger partial charge in [-0.25, -0.2) is 0 Å². The average Bonchev–Trinajstić information content (AvgIpc) is 2.17. The van der Waals surface area contributed by atoms with Gasteiger partial charge in [-0.2, -0.15) is 0 Å². The highest BCUT2D eigenvalue weighted by molar-refractivity contribution is 5.75. The van der Waals surface area contributed by atoms with E-state index >= 15 is 0 Å². The monoisotopic (exact) mass is 247 g/mol. The predicted molar refractivity (Wildman–Crippen MR) is 57.5 cm³/mol. The van der Waals surface area contributed by atoms with Crippen molar-refractivity contribution in [1.82, 2.24) is 0 Å². The summed E-state index contributed by atoms with van der Waals surface area (Å²) in [6, 6.07) is 5.86. The molecule has 0 saturated carbocycles. The van der Waals surface area contributed by atoms with Crippen LogP contribution in [0.15, 0.2) is 29.3 Å². The first-order valence-electron chi connectivity index (χ1n) is 4.77. The first-order valence-corrected chi connectivity index (χ1v) is 4.77. The lowest BCUT2D eigenvalue weighted by molar-refractivity contribution is -0.274. The largest absolute Gasteiger partial charge is 0.573 e. The molecule has 0 bridgehead atoms. The minimum absolute atomic E-state index is 0.0979. The van der Waals surface area contributed by atoms with Crippen molar-refractivity contribution in [3.8, 4) is 5.75 Å². The number of para-hydroxylation sites is 1. The van der Waals surface area contributed by atoms with Crippen molar-refractivity contribution in [2.45, 2.75) is 12.8 Å². The second kappa shape index (κ2) is 5.42. The maximum absolute atomic E-state index is 12.1.